The molecule has 0 saturated heterocycles. The molecule has 0 amide bonds. The van der Waals surface area contributed by atoms with Gasteiger partial charge in [0.25, 0.3) is 0 Å². The fourth-order valence-electron chi connectivity index (χ4n) is 4.45. The second-order valence-corrected chi connectivity index (χ2v) is 7.46. The number of fused-ring (bicyclic) bond motifs is 3. The standard InChI is InChI=1S/C23H22N4O.Co/c1-23-14-6-7-17(21(23)27(3)20-9-5-4-8-19(20)23)15-25-26-22(28)16-10-12-18(24-2)13-11-16;/h4-5,8-13,15H,6-7,14H2,1,3H3,(H,26,28);/b25-15+;. The number of para-hydroxylation sites is 1. The van der Waals surface area contributed by atoms with Gasteiger partial charge >= 0.3 is 0 Å². The summed E-state index contributed by atoms with van der Waals surface area (Å²) in [6.07, 6.45) is 4.93. The van der Waals surface area contributed by atoms with E-state index in [9.17, 15) is 5.11 Å². The van der Waals surface area contributed by atoms with Gasteiger partial charge in [-0.25, -0.2) is 4.85 Å². The predicted octanol–water partition coefficient (Wildman–Crippen LogP) is 5.37. The number of allylic oxidation sites excluding steroid dienone is 2. The van der Waals surface area contributed by atoms with Gasteiger partial charge in [-0.3, -0.25) is 0 Å². The Morgan fingerprint density at radius 3 is 2.66 bits per heavy atom. The monoisotopic (exact) mass is 429 g/mol. The molecule has 2 aliphatic rings. The van der Waals surface area contributed by atoms with Crippen LogP contribution in [0.4, 0.5) is 11.4 Å². The van der Waals surface area contributed by atoms with Crippen LogP contribution in [0.15, 0.2) is 70.0 Å². The van der Waals surface area contributed by atoms with Crippen LogP contribution in [0.5, 0.6) is 0 Å². The zero-order valence-electron chi connectivity index (χ0n) is 16.4. The van der Waals surface area contributed by atoms with E-state index in [-0.39, 0.29) is 28.1 Å². The quantitative estimate of drug-likeness (QED) is 0.309. The average Bonchev–Trinajstić information content (AvgIpc) is 2.96. The maximum absolute atomic E-state index is 10.2. The van der Waals surface area contributed by atoms with Gasteiger partial charge in [0.1, 0.15) is 0 Å². The maximum Gasteiger partial charge on any atom is 0.238 e. The molecule has 2 aromatic rings. The number of aliphatic hydroxyl groups excluding tert-OH is 1. The van der Waals surface area contributed by atoms with Crippen molar-refractivity contribution < 1.29 is 21.9 Å². The molecule has 1 radical (unpaired) electrons. The van der Waals surface area contributed by atoms with Crippen molar-refractivity contribution in [1.29, 1.82) is 0 Å². The van der Waals surface area contributed by atoms with E-state index in [1.165, 1.54) is 16.9 Å². The molecule has 0 fully saturated rings. The summed E-state index contributed by atoms with van der Waals surface area (Å²) < 4.78 is 0. The van der Waals surface area contributed by atoms with Crippen LogP contribution >= 0.6 is 0 Å². The topological polar surface area (TPSA) is 52.6 Å². The molecule has 2 aromatic carbocycles. The van der Waals surface area contributed by atoms with Crippen LogP contribution in [0.3, 0.4) is 0 Å². The molecule has 29 heavy (non-hydrogen) atoms. The van der Waals surface area contributed by atoms with Crippen LogP contribution in [0.25, 0.3) is 4.85 Å². The Bertz CT molecular complexity index is 1050. The van der Waals surface area contributed by atoms with Crippen molar-refractivity contribution in [2.45, 2.75) is 31.6 Å². The van der Waals surface area contributed by atoms with Gasteiger partial charge in [-0.15, -0.1) is 5.10 Å². The Morgan fingerprint density at radius 2 is 1.93 bits per heavy atom. The van der Waals surface area contributed by atoms with E-state index in [1.54, 1.807) is 30.5 Å². The molecule has 1 heterocycles. The fourth-order valence-corrected chi connectivity index (χ4v) is 4.45. The Kier molecular flexibility index (Phi) is 5.92. The van der Waals surface area contributed by atoms with E-state index in [1.807, 2.05) is 0 Å². The first-order valence-corrected chi connectivity index (χ1v) is 9.39. The number of benzene rings is 2. The molecule has 0 saturated carbocycles. The van der Waals surface area contributed by atoms with Crippen molar-refractivity contribution in [3.05, 3.63) is 82.3 Å². The van der Waals surface area contributed by atoms with Crippen molar-refractivity contribution in [3.63, 3.8) is 0 Å². The summed E-state index contributed by atoms with van der Waals surface area (Å²) in [5.41, 5.74) is 6.11. The molecule has 0 bridgehead atoms. The predicted molar refractivity (Wildman–Crippen MR) is 113 cm³/mol. The van der Waals surface area contributed by atoms with Gasteiger partial charge in [-0.05, 0) is 43.4 Å². The molecule has 149 valence electrons. The van der Waals surface area contributed by atoms with Crippen LogP contribution in [0.1, 0.15) is 37.3 Å². The van der Waals surface area contributed by atoms with Gasteiger partial charge < -0.3 is 10.0 Å². The zero-order chi connectivity index (χ0) is 19.7. The number of rotatable bonds is 3. The number of hydrogen-bond acceptors (Lipinski definition) is 3. The molecule has 4 rings (SSSR count). The van der Waals surface area contributed by atoms with Crippen LogP contribution in [0, 0.1) is 6.57 Å². The molecule has 1 N–H and O–H groups in total. The number of anilines is 1. The maximum atomic E-state index is 10.2. The van der Waals surface area contributed by atoms with Gasteiger partial charge in [0, 0.05) is 46.2 Å². The van der Waals surface area contributed by atoms with Gasteiger partial charge in [-0.1, -0.05) is 42.5 Å². The average molecular weight is 429 g/mol. The summed E-state index contributed by atoms with van der Waals surface area (Å²) in [7, 11) is 2.11. The minimum Gasteiger partial charge on any atom is -0.492 e. The van der Waals surface area contributed by atoms with Crippen LogP contribution in [0.2, 0.25) is 0 Å². The molecule has 1 aliphatic carbocycles. The van der Waals surface area contributed by atoms with E-state index in [2.05, 4.69) is 58.2 Å². The molecule has 6 heteroatoms. The smallest absolute Gasteiger partial charge is 0.238 e. The Labute approximate surface area is 181 Å². The number of nitrogens with zero attached hydrogens (tertiary/aromatic N) is 4. The van der Waals surface area contributed by atoms with Gasteiger partial charge in [0.15, 0.2) is 5.69 Å². The molecule has 0 aromatic heterocycles. The van der Waals surface area contributed by atoms with Crippen LogP contribution in [-0.2, 0) is 22.2 Å². The summed E-state index contributed by atoms with van der Waals surface area (Å²) in [4.78, 5) is 5.61. The van der Waals surface area contributed by atoms with Crippen molar-refractivity contribution in [2.24, 2.45) is 10.2 Å². The Balaban J connectivity index is 0.00000240. The van der Waals surface area contributed by atoms with Gasteiger partial charge in [0.2, 0.25) is 5.90 Å². The SMILES string of the molecule is [C-]#[N+]c1ccc(/C(O)=N/N=C/C2=C3N(C)c4ccccc4C3(C)CCC2)cc1.[Co]. The first-order valence-electron chi connectivity index (χ1n) is 9.39. The molecule has 1 aliphatic heterocycles. The number of likely N-dealkylation sites (N-methyl/N-ethyl adjacent to an activating group) is 1. The third-order valence-corrected chi connectivity index (χ3v) is 5.77. The van der Waals surface area contributed by atoms with E-state index >= 15 is 0 Å². The first kappa shape index (κ1) is 20.8. The normalized spacial score (nSPS) is 20.9. The second-order valence-electron chi connectivity index (χ2n) is 7.46. The molecular formula is C23H22CoN4O. The molecule has 1 atom stereocenters. The number of aliphatic hydroxyl groups is 1. The van der Waals surface area contributed by atoms with E-state index in [4.69, 9.17) is 6.57 Å². The second kappa shape index (κ2) is 8.24. The summed E-state index contributed by atoms with van der Waals surface area (Å²) >= 11 is 0. The van der Waals surface area contributed by atoms with E-state index in [0.29, 0.717) is 11.3 Å². The fraction of sp³-hybridized carbons (Fsp3) is 0.261. The Morgan fingerprint density at radius 1 is 1.21 bits per heavy atom. The zero-order valence-corrected chi connectivity index (χ0v) is 17.4. The van der Waals surface area contributed by atoms with Gasteiger partial charge in [-0.2, -0.15) is 5.10 Å². The minimum absolute atomic E-state index is 0. The molecule has 1 unspecified atom stereocenters. The van der Waals surface area contributed by atoms with Crippen LogP contribution in [-0.4, -0.2) is 24.3 Å². The summed E-state index contributed by atoms with van der Waals surface area (Å²) in [5, 5.41) is 18.3. The third-order valence-electron chi connectivity index (χ3n) is 5.77. The van der Waals surface area contributed by atoms with Crippen molar-refractivity contribution in [1.82, 2.24) is 0 Å². The van der Waals surface area contributed by atoms with E-state index in [0.717, 1.165) is 24.8 Å². The first-order chi connectivity index (χ1) is 13.5. The van der Waals surface area contributed by atoms with Crippen molar-refractivity contribution in [3.8, 4) is 0 Å². The van der Waals surface area contributed by atoms with Crippen LogP contribution < -0.4 is 4.90 Å². The Hall–Kier alpha value is -2.88. The third kappa shape index (κ3) is 3.59. The van der Waals surface area contributed by atoms with Crippen molar-refractivity contribution >= 4 is 23.5 Å². The summed E-state index contributed by atoms with van der Waals surface area (Å²) in [6.45, 7) is 9.29. The van der Waals surface area contributed by atoms with E-state index < -0.39 is 0 Å². The largest absolute Gasteiger partial charge is 0.492 e. The minimum atomic E-state index is -0.153. The summed E-state index contributed by atoms with van der Waals surface area (Å²) in [6, 6.07) is 15.2. The molecular weight excluding hydrogens is 407 g/mol. The van der Waals surface area contributed by atoms with Crippen molar-refractivity contribution in [2.75, 3.05) is 11.9 Å². The number of hydrogen-bond donors (Lipinski definition) is 1. The summed E-state index contributed by atoms with van der Waals surface area (Å²) in [5.74, 6) is -0.153. The molecule has 5 nitrogen and oxygen atoms in total. The van der Waals surface area contributed by atoms with Gasteiger partial charge in [0.05, 0.1) is 12.8 Å². The molecule has 0 spiro atoms.